The van der Waals surface area contributed by atoms with E-state index in [1.165, 1.54) is 17.9 Å². The summed E-state index contributed by atoms with van der Waals surface area (Å²) in [6.07, 6.45) is 2.79. The predicted octanol–water partition coefficient (Wildman–Crippen LogP) is 2.43. The summed E-state index contributed by atoms with van der Waals surface area (Å²) in [6.45, 7) is 5.84. The second-order valence-corrected chi connectivity index (χ2v) is 8.52. The second kappa shape index (κ2) is 9.40. The van der Waals surface area contributed by atoms with Gasteiger partial charge in [-0.1, -0.05) is 0 Å². The van der Waals surface area contributed by atoms with Crippen molar-refractivity contribution in [1.82, 2.24) is 19.6 Å². The van der Waals surface area contributed by atoms with Gasteiger partial charge in [0, 0.05) is 50.1 Å². The summed E-state index contributed by atoms with van der Waals surface area (Å²) in [6, 6.07) is 8.40. The number of carbonyl (C=O) groups is 2. The van der Waals surface area contributed by atoms with Crippen molar-refractivity contribution in [2.75, 3.05) is 44.3 Å². The number of pyridine rings is 1. The van der Waals surface area contributed by atoms with Crippen molar-refractivity contribution < 1.29 is 23.5 Å². The van der Waals surface area contributed by atoms with Crippen LogP contribution in [0.4, 0.5) is 14.9 Å². The number of rotatable bonds is 6. The summed E-state index contributed by atoms with van der Waals surface area (Å²) in [5, 5.41) is 2.63. The first-order valence-electron chi connectivity index (χ1n) is 11.3. The fourth-order valence-electron chi connectivity index (χ4n) is 4.27. The number of anilines is 1. The highest BCUT2D eigenvalue weighted by Crippen LogP contribution is 2.29. The van der Waals surface area contributed by atoms with Crippen LogP contribution in [0.5, 0.6) is 0 Å². The van der Waals surface area contributed by atoms with Crippen LogP contribution in [0.25, 0.3) is 16.8 Å². The van der Waals surface area contributed by atoms with Crippen molar-refractivity contribution in [3.8, 4) is 11.1 Å². The molecule has 0 radical (unpaired) electrons. The van der Waals surface area contributed by atoms with Gasteiger partial charge in [-0.15, -0.1) is 0 Å². The molecule has 178 valence electrons. The van der Waals surface area contributed by atoms with Crippen molar-refractivity contribution >= 4 is 23.3 Å². The van der Waals surface area contributed by atoms with Crippen LogP contribution in [-0.2, 0) is 20.8 Å². The van der Waals surface area contributed by atoms with Gasteiger partial charge in [0.2, 0.25) is 5.91 Å². The second-order valence-electron chi connectivity index (χ2n) is 8.52. The lowest BCUT2D eigenvalue weighted by atomic mass is 10.1. The summed E-state index contributed by atoms with van der Waals surface area (Å²) >= 11 is 0. The molecule has 2 fully saturated rings. The van der Waals surface area contributed by atoms with Crippen LogP contribution in [0.1, 0.15) is 12.6 Å². The number of hydrogen-bond acceptors (Lipinski definition) is 6. The zero-order chi connectivity index (χ0) is 23.7. The molecule has 5 rings (SSSR count). The average Bonchev–Trinajstić information content (AvgIpc) is 3.40. The third kappa shape index (κ3) is 4.73. The van der Waals surface area contributed by atoms with Gasteiger partial charge in [-0.2, -0.15) is 0 Å². The Balaban J connectivity index is 1.32. The molecular formula is C24H26FN5O4. The first kappa shape index (κ1) is 22.3. The number of morpholine rings is 1. The number of fused-ring (bicyclic) bond motifs is 1. The van der Waals surface area contributed by atoms with Crippen LogP contribution in [0, 0.1) is 5.82 Å². The van der Waals surface area contributed by atoms with Crippen LogP contribution >= 0.6 is 0 Å². The molecule has 2 aromatic heterocycles. The van der Waals surface area contributed by atoms with Crippen LogP contribution in [-0.4, -0.2) is 71.8 Å². The number of halogens is 1. The van der Waals surface area contributed by atoms with Gasteiger partial charge >= 0.3 is 6.09 Å². The van der Waals surface area contributed by atoms with Gasteiger partial charge < -0.3 is 19.2 Å². The molecule has 9 nitrogen and oxygen atoms in total. The van der Waals surface area contributed by atoms with Crippen molar-refractivity contribution in [3.63, 3.8) is 0 Å². The van der Waals surface area contributed by atoms with Crippen molar-refractivity contribution in [1.29, 1.82) is 0 Å². The lowest BCUT2D eigenvalue weighted by molar-refractivity contribution is -0.119. The van der Waals surface area contributed by atoms with Gasteiger partial charge in [-0.05, 0) is 30.3 Å². The molecule has 1 aromatic carbocycles. The van der Waals surface area contributed by atoms with E-state index in [1.54, 1.807) is 12.1 Å². The van der Waals surface area contributed by atoms with E-state index < -0.39 is 18.0 Å². The minimum Gasteiger partial charge on any atom is -0.442 e. The van der Waals surface area contributed by atoms with Crippen LogP contribution in [0.15, 0.2) is 42.7 Å². The fraction of sp³-hybridized carbons (Fsp3) is 0.375. The van der Waals surface area contributed by atoms with Crippen molar-refractivity contribution in [2.45, 2.75) is 19.6 Å². The number of nitrogens with zero attached hydrogens (tertiary/aromatic N) is 4. The number of amides is 2. The highest BCUT2D eigenvalue weighted by molar-refractivity contribution is 5.90. The molecule has 10 heteroatoms. The molecule has 2 aliphatic heterocycles. The third-order valence-electron chi connectivity index (χ3n) is 6.02. The van der Waals surface area contributed by atoms with E-state index >= 15 is 4.39 Å². The van der Waals surface area contributed by atoms with E-state index in [0.717, 1.165) is 44.2 Å². The molecule has 1 N–H and O–H groups in total. The van der Waals surface area contributed by atoms with Gasteiger partial charge in [0.05, 0.1) is 37.7 Å². The number of nitrogens with one attached hydrogen (secondary N) is 1. The van der Waals surface area contributed by atoms with Crippen molar-refractivity contribution in [2.24, 2.45) is 0 Å². The highest BCUT2D eigenvalue weighted by Gasteiger charge is 2.32. The third-order valence-corrected chi connectivity index (χ3v) is 6.02. The summed E-state index contributed by atoms with van der Waals surface area (Å²) < 4.78 is 27.7. The molecule has 2 aliphatic rings. The molecule has 0 bridgehead atoms. The quantitative estimate of drug-likeness (QED) is 0.599. The smallest absolute Gasteiger partial charge is 0.414 e. The molecule has 4 heterocycles. The summed E-state index contributed by atoms with van der Waals surface area (Å²) in [5.74, 6) is -0.642. The number of imidazole rings is 1. The monoisotopic (exact) mass is 467 g/mol. The minimum atomic E-state index is -0.560. The molecule has 3 aromatic rings. The molecule has 34 heavy (non-hydrogen) atoms. The number of hydrogen-bond donors (Lipinski definition) is 1. The van der Waals surface area contributed by atoms with Gasteiger partial charge in [0.15, 0.2) is 0 Å². The first-order chi connectivity index (χ1) is 16.5. The topological polar surface area (TPSA) is 88.4 Å². The van der Waals surface area contributed by atoms with E-state index in [-0.39, 0.29) is 19.0 Å². The van der Waals surface area contributed by atoms with Gasteiger partial charge in [0.25, 0.3) is 0 Å². The van der Waals surface area contributed by atoms with E-state index in [4.69, 9.17) is 9.47 Å². The van der Waals surface area contributed by atoms with Gasteiger partial charge in [-0.3, -0.25) is 14.6 Å². The lowest BCUT2D eigenvalue weighted by Crippen LogP contribution is -2.35. The molecular weight excluding hydrogens is 441 g/mol. The van der Waals surface area contributed by atoms with Crippen molar-refractivity contribution in [3.05, 3.63) is 54.2 Å². The molecule has 0 saturated carbocycles. The Kier molecular flexibility index (Phi) is 6.16. The summed E-state index contributed by atoms with van der Waals surface area (Å²) in [4.78, 5) is 31.7. The summed E-state index contributed by atoms with van der Waals surface area (Å²) in [5.41, 5.74) is 3.30. The zero-order valence-electron chi connectivity index (χ0n) is 18.9. The standard InChI is InChI=1S/C24H26FN5O4/c1-16(31)26-11-20-15-30(24(32)34-20)19-3-4-21(22(25)10-19)17-2-5-23-27-18(14-29(23)12-17)13-28-6-8-33-9-7-28/h2-5,10,12,14,20H,6-9,11,13,15H2,1H3,(H,26,31)/t20-/m0/s1. The molecule has 2 saturated heterocycles. The van der Waals surface area contributed by atoms with Crippen LogP contribution in [0.3, 0.4) is 0 Å². The number of aromatic nitrogens is 2. The largest absolute Gasteiger partial charge is 0.442 e. The maximum absolute atomic E-state index is 15.1. The number of cyclic esters (lactones) is 1. The Morgan fingerprint density at radius 2 is 2.03 bits per heavy atom. The normalized spacial score (nSPS) is 18.9. The van der Waals surface area contributed by atoms with Crippen LogP contribution < -0.4 is 10.2 Å². The first-order valence-corrected chi connectivity index (χ1v) is 11.3. The molecule has 2 amide bonds. The Hall–Kier alpha value is -3.50. The Morgan fingerprint density at radius 3 is 2.79 bits per heavy atom. The van der Waals surface area contributed by atoms with Crippen LogP contribution in [0.2, 0.25) is 0 Å². The molecule has 0 spiro atoms. The number of benzene rings is 1. The zero-order valence-corrected chi connectivity index (χ0v) is 18.9. The summed E-state index contributed by atoms with van der Waals surface area (Å²) in [7, 11) is 0. The SMILES string of the molecule is CC(=O)NC[C@H]1CN(c2ccc(-c3ccc4nc(CN5CCOCC5)cn4c3)c(F)c2)C(=O)O1. The van der Waals surface area contributed by atoms with E-state index in [1.807, 2.05) is 28.9 Å². The number of carbonyl (C=O) groups excluding carboxylic acids is 2. The lowest BCUT2D eigenvalue weighted by Gasteiger charge is -2.25. The number of ether oxygens (including phenoxy) is 2. The maximum atomic E-state index is 15.1. The van der Waals surface area contributed by atoms with E-state index in [9.17, 15) is 9.59 Å². The minimum absolute atomic E-state index is 0.201. The van der Waals surface area contributed by atoms with E-state index in [0.29, 0.717) is 16.8 Å². The molecule has 0 unspecified atom stereocenters. The Morgan fingerprint density at radius 1 is 1.21 bits per heavy atom. The highest BCUT2D eigenvalue weighted by atomic mass is 19.1. The molecule has 0 aliphatic carbocycles. The van der Waals surface area contributed by atoms with Gasteiger partial charge in [0.1, 0.15) is 17.6 Å². The fourth-order valence-corrected chi connectivity index (χ4v) is 4.27. The molecule has 1 atom stereocenters. The Labute approximate surface area is 196 Å². The van der Waals surface area contributed by atoms with E-state index in [2.05, 4.69) is 15.2 Å². The maximum Gasteiger partial charge on any atom is 0.414 e. The van der Waals surface area contributed by atoms with Gasteiger partial charge in [-0.25, -0.2) is 14.2 Å². The Bertz CT molecular complexity index is 1220. The predicted molar refractivity (Wildman–Crippen MR) is 123 cm³/mol. The average molecular weight is 468 g/mol.